The molecule has 0 atom stereocenters. The molecule has 0 aliphatic heterocycles. The van der Waals surface area contributed by atoms with E-state index in [-0.39, 0.29) is 18.0 Å². The summed E-state index contributed by atoms with van der Waals surface area (Å²) in [7, 11) is 0. The van der Waals surface area contributed by atoms with E-state index < -0.39 is 17.0 Å². The van der Waals surface area contributed by atoms with Crippen LogP contribution in [0, 0.1) is 11.6 Å². The Balaban J connectivity index is 1.57. The van der Waals surface area contributed by atoms with Crippen molar-refractivity contribution in [2.24, 2.45) is 0 Å². The minimum atomic E-state index is -0.708. The summed E-state index contributed by atoms with van der Waals surface area (Å²) < 4.78 is 30.6. The molecule has 0 spiro atoms. The molecule has 0 unspecified atom stereocenters. The Bertz CT molecular complexity index is 1000. The maximum absolute atomic E-state index is 14.4. The van der Waals surface area contributed by atoms with Crippen LogP contribution in [0.2, 0.25) is 0 Å². The van der Waals surface area contributed by atoms with E-state index in [2.05, 4.69) is 15.6 Å². The monoisotopic (exact) mass is 384 g/mol. The van der Waals surface area contributed by atoms with Gasteiger partial charge in [-0.2, -0.15) is 0 Å². The van der Waals surface area contributed by atoms with E-state index in [0.29, 0.717) is 30.5 Å². The molecule has 7 heteroatoms. The number of carbonyl (C=O) groups excluding carboxylic acids is 1. The maximum atomic E-state index is 14.4. The van der Waals surface area contributed by atoms with Crippen LogP contribution in [0.4, 0.5) is 8.78 Å². The van der Waals surface area contributed by atoms with Gasteiger partial charge in [0.15, 0.2) is 0 Å². The zero-order valence-electron chi connectivity index (χ0n) is 15.7. The van der Waals surface area contributed by atoms with Gasteiger partial charge in [-0.1, -0.05) is 24.1 Å². The average Bonchev–Trinajstić information content (AvgIpc) is 3.33. The van der Waals surface area contributed by atoms with Gasteiger partial charge in [0.2, 0.25) is 0 Å². The molecule has 1 aliphatic carbocycles. The minimum absolute atomic E-state index is 0.0918. The standard InChI is InChI=1S/C21H22F2N4O/c1-2-27-18-9-8-14(12-17(18)25-26-27)20(28)24-13-21(10-3-4-11-21)19-15(22)6-5-7-16(19)23/h5-9,12H,2-4,10-11,13H2,1H3,(H,24,28). The van der Waals surface area contributed by atoms with Crippen LogP contribution in [0.25, 0.3) is 11.0 Å². The molecule has 0 bridgehead atoms. The predicted octanol–water partition coefficient (Wildman–Crippen LogP) is 3.97. The molecule has 0 radical (unpaired) electrons. The highest BCUT2D eigenvalue weighted by molar-refractivity contribution is 5.97. The minimum Gasteiger partial charge on any atom is -0.351 e. The number of fused-ring (bicyclic) bond motifs is 1. The fourth-order valence-corrected chi connectivity index (χ4v) is 4.27. The lowest BCUT2D eigenvalue weighted by molar-refractivity contribution is 0.0942. The highest BCUT2D eigenvalue weighted by Gasteiger charge is 2.40. The van der Waals surface area contributed by atoms with Gasteiger partial charge in [-0.3, -0.25) is 4.79 Å². The van der Waals surface area contributed by atoms with E-state index in [4.69, 9.17) is 0 Å². The van der Waals surface area contributed by atoms with Crippen molar-refractivity contribution in [3.63, 3.8) is 0 Å². The number of rotatable bonds is 5. The van der Waals surface area contributed by atoms with Crippen LogP contribution in [0.15, 0.2) is 36.4 Å². The second kappa shape index (κ2) is 7.30. The van der Waals surface area contributed by atoms with Crippen LogP contribution >= 0.6 is 0 Å². The van der Waals surface area contributed by atoms with Crippen molar-refractivity contribution < 1.29 is 13.6 Å². The van der Waals surface area contributed by atoms with Gasteiger partial charge in [0.05, 0.1) is 5.52 Å². The lowest BCUT2D eigenvalue weighted by Crippen LogP contribution is -2.40. The second-order valence-electron chi connectivity index (χ2n) is 7.38. The van der Waals surface area contributed by atoms with Crippen molar-refractivity contribution in [1.29, 1.82) is 0 Å². The van der Waals surface area contributed by atoms with Crippen molar-refractivity contribution in [3.8, 4) is 0 Å². The fraction of sp³-hybridized carbons (Fsp3) is 0.381. The molecule has 1 amide bonds. The van der Waals surface area contributed by atoms with Crippen LogP contribution in [0.5, 0.6) is 0 Å². The average molecular weight is 384 g/mol. The molecule has 0 saturated heterocycles. The molecule has 2 aromatic carbocycles. The summed E-state index contributed by atoms with van der Waals surface area (Å²) in [5.74, 6) is -1.38. The number of hydrogen-bond acceptors (Lipinski definition) is 3. The molecule has 3 aromatic rings. The third-order valence-electron chi connectivity index (χ3n) is 5.72. The summed E-state index contributed by atoms with van der Waals surface area (Å²) in [6.07, 6.45) is 3.06. The van der Waals surface area contributed by atoms with Crippen molar-refractivity contribution in [2.45, 2.75) is 44.6 Å². The third kappa shape index (κ3) is 3.15. The third-order valence-corrected chi connectivity index (χ3v) is 5.72. The highest BCUT2D eigenvalue weighted by Crippen LogP contribution is 2.42. The number of aromatic nitrogens is 3. The van der Waals surface area contributed by atoms with Crippen molar-refractivity contribution in [2.75, 3.05) is 6.54 Å². The Morgan fingerprint density at radius 1 is 1.18 bits per heavy atom. The summed E-state index contributed by atoms with van der Waals surface area (Å²) in [5, 5.41) is 11.0. The number of nitrogens with zero attached hydrogens (tertiary/aromatic N) is 3. The number of nitrogens with one attached hydrogen (secondary N) is 1. The molecule has 1 aromatic heterocycles. The quantitative estimate of drug-likeness (QED) is 0.724. The van der Waals surface area contributed by atoms with Gasteiger partial charge in [0.25, 0.3) is 5.91 Å². The Hall–Kier alpha value is -2.83. The largest absolute Gasteiger partial charge is 0.351 e. The lowest BCUT2D eigenvalue weighted by Gasteiger charge is -2.30. The Labute approximate surface area is 161 Å². The van der Waals surface area contributed by atoms with Crippen LogP contribution in [0.1, 0.15) is 48.5 Å². The molecule has 5 nitrogen and oxygen atoms in total. The van der Waals surface area contributed by atoms with Gasteiger partial charge in [0, 0.05) is 29.6 Å². The molecule has 28 heavy (non-hydrogen) atoms. The molecule has 146 valence electrons. The first-order chi connectivity index (χ1) is 13.5. The highest BCUT2D eigenvalue weighted by atomic mass is 19.1. The smallest absolute Gasteiger partial charge is 0.251 e. The SMILES string of the molecule is CCn1nnc2cc(C(=O)NCC3(c4c(F)cccc4F)CCCC3)ccc21. The number of aryl methyl sites for hydroxylation is 1. The Morgan fingerprint density at radius 3 is 2.57 bits per heavy atom. The summed E-state index contributed by atoms with van der Waals surface area (Å²) in [6.45, 7) is 2.86. The molecule has 4 rings (SSSR count). The molecule has 1 aliphatic rings. The summed E-state index contributed by atoms with van der Waals surface area (Å²) in [5.41, 5.74) is 1.34. The Morgan fingerprint density at radius 2 is 1.89 bits per heavy atom. The molecule has 1 fully saturated rings. The lowest BCUT2D eigenvalue weighted by atomic mass is 9.78. The van der Waals surface area contributed by atoms with E-state index in [1.807, 2.05) is 13.0 Å². The normalized spacial score (nSPS) is 15.8. The van der Waals surface area contributed by atoms with Crippen LogP contribution in [0.3, 0.4) is 0 Å². The van der Waals surface area contributed by atoms with Crippen LogP contribution < -0.4 is 5.32 Å². The molecule has 1 N–H and O–H groups in total. The first kappa shape index (κ1) is 18.5. The zero-order chi connectivity index (χ0) is 19.7. The van der Waals surface area contributed by atoms with Crippen LogP contribution in [-0.2, 0) is 12.0 Å². The number of hydrogen-bond donors (Lipinski definition) is 1. The number of carbonyl (C=O) groups is 1. The van der Waals surface area contributed by atoms with E-state index in [0.717, 1.165) is 18.4 Å². The van der Waals surface area contributed by atoms with E-state index >= 15 is 0 Å². The maximum Gasteiger partial charge on any atom is 0.251 e. The van der Waals surface area contributed by atoms with Gasteiger partial charge in [0.1, 0.15) is 17.2 Å². The first-order valence-electron chi connectivity index (χ1n) is 9.60. The van der Waals surface area contributed by atoms with Crippen molar-refractivity contribution in [1.82, 2.24) is 20.3 Å². The number of benzene rings is 2. The molecule has 1 saturated carbocycles. The van der Waals surface area contributed by atoms with Gasteiger partial charge in [-0.05, 0) is 50.1 Å². The number of halogens is 2. The van der Waals surface area contributed by atoms with E-state index in [9.17, 15) is 13.6 Å². The molecule has 1 heterocycles. The molecular weight excluding hydrogens is 362 g/mol. The van der Waals surface area contributed by atoms with Crippen molar-refractivity contribution in [3.05, 3.63) is 59.2 Å². The van der Waals surface area contributed by atoms with Gasteiger partial charge in [-0.25, -0.2) is 13.5 Å². The number of amides is 1. The summed E-state index contributed by atoms with van der Waals surface area (Å²) in [4.78, 5) is 12.7. The Kier molecular flexibility index (Phi) is 4.83. The van der Waals surface area contributed by atoms with Crippen LogP contribution in [-0.4, -0.2) is 27.4 Å². The van der Waals surface area contributed by atoms with Gasteiger partial charge in [-0.15, -0.1) is 5.10 Å². The van der Waals surface area contributed by atoms with E-state index in [1.54, 1.807) is 16.8 Å². The van der Waals surface area contributed by atoms with Gasteiger partial charge >= 0.3 is 0 Å². The first-order valence-corrected chi connectivity index (χ1v) is 9.60. The van der Waals surface area contributed by atoms with Gasteiger partial charge < -0.3 is 5.32 Å². The fourth-order valence-electron chi connectivity index (χ4n) is 4.27. The topological polar surface area (TPSA) is 59.8 Å². The van der Waals surface area contributed by atoms with Crippen molar-refractivity contribution >= 4 is 16.9 Å². The second-order valence-corrected chi connectivity index (χ2v) is 7.38. The summed E-state index contributed by atoms with van der Waals surface area (Å²) in [6, 6.07) is 9.16. The predicted molar refractivity (Wildman–Crippen MR) is 102 cm³/mol. The molecular formula is C21H22F2N4O. The van der Waals surface area contributed by atoms with E-state index in [1.165, 1.54) is 18.2 Å². The summed E-state index contributed by atoms with van der Waals surface area (Å²) >= 11 is 0. The zero-order valence-corrected chi connectivity index (χ0v) is 15.7.